The van der Waals surface area contributed by atoms with Gasteiger partial charge >= 0.3 is 0 Å². The molecule has 10 aromatic rings. The quantitative estimate of drug-likeness (QED) is 0.0953. The number of thiophene rings is 2. The topological polar surface area (TPSA) is 38.7 Å². The molecule has 0 amide bonds. The van der Waals surface area contributed by atoms with E-state index in [1.54, 1.807) is 0 Å². The van der Waals surface area contributed by atoms with E-state index < -0.39 is 0 Å². The van der Waals surface area contributed by atoms with Crippen LogP contribution in [0.2, 0.25) is 0 Å². The second kappa shape index (κ2) is 34.9. The Morgan fingerprint density at radius 1 is 0.467 bits per heavy atom. The summed E-state index contributed by atoms with van der Waals surface area (Å²) in [4.78, 5) is 24.0. The van der Waals surface area contributed by atoms with Crippen LogP contribution < -0.4 is 0 Å². The molecule has 0 spiro atoms. The van der Waals surface area contributed by atoms with E-state index >= 15 is 0 Å². The van der Waals surface area contributed by atoms with Crippen LogP contribution in [0.1, 0.15) is 127 Å². The molecule has 0 unspecified atom stereocenters. The number of nitrogens with zero attached hydrogens (tertiary/aromatic N) is 6. The summed E-state index contributed by atoms with van der Waals surface area (Å²) in [6.45, 7) is 35.3. The third kappa shape index (κ3) is 18.5. The van der Waals surface area contributed by atoms with Gasteiger partial charge in [0.05, 0.1) is 5.69 Å². The van der Waals surface area contributed by atoms with E-state index in [1.807, 2.05) is 46.9 Å². The molecule has 6 nitrogen and oxygen atoms in total. The standard InChI is InChI=1S/C26H24NS.C24H22NS.C14H20N2.C14H18N2.4Ir/c1-4-22-17-21(19-11-7-5-8-12-19)18-24(27-22)26(2,3)25-16-15-23(28-25)20-13-9-6-10-14-20;1-4-18-11-8-14-22(25-18)24(2,3)23-16-15-21(26-23)20-13-7-10-17-9-5-6-12-19(17)20;2*1-4-15-10-11-16(12-15)14(2,3)13-8-6-5-7-9-13;;;;/h5-15,17-18H,4H2,1-3H3;5-15H,4H2,1-3H3;5-8,12H,4,10-11H2,1-3H3;5-8,10-12H,4H2,1-3H3;;;;/q2*-1;2*-2;;;;. The maximum Gasteiger partial charge on any atom is 0.0504 e. The summed E-state index contributed by atoms with van der Waals surface area (Å²) < 4.78 is 0. The summed E-state index contributed by atoms with van der Waals surface area (Å²) in [7, 11) is 0. The van der Waals surface area contributed by atoms with Crippen molar-refractivity contribution in [3.05, 3.63) is 288 Å². The van der Waals surface area contributed by atoms with Crippen molar-refractivity contribution in [2.24, 2.45) is 0 Å². The van der Waals surface area contributed by atoms with Gasteiger partial charge in [-0.2, -0.15) is 67.3 Å². The van der Waals surface area contributed by atoms with Gasteiger partial charge < -0.3 is 19.6 Å². The fourth-order valence-electron chi connectivity index (χ4n) is 10.6. The Labute approximate surface area is 601 Å². The van der Waals surface area contributed by atoms with Crippen molar-refractivity contribution < 1.29 is 80.4 Å². The molecule has 2 aliphatic rings. The molecule has 4 radical (unpaired) electrons. The van der Waals surface area contributed by atoms with E-state index in [0.29, 0.717) is 0 Å². The zero-order valence-corrected chi connectivity index (χ0v) is 65.1. The molecule has 0 bridgehead atoms. The van der Waals surface area contributed by atoms with Crippen LogP contribution in [-0.4, -0.2) is 55.7 Å². The molecule has 4 aromatic heterocycles. The smallest absolute Gasteiger partial charge is 0.0504 e. The van der Waals surface area contributed by atoms with E-state index in [9.17, 15) is 0 Å². The minimum atomic E-state index is -0.202. The molecule has 0 saturated carbocycles. The molecular weight excluding hydrogens is 1850 g/mol. The van der Waals surface area contributed by atoms with Crippen LogP contribution in [0, 0.1) is 37.6 Å². The molecule has 12 rings (SSSR count). The molecule has 90 heavy (non-hydrogen) atoms. The Morgan fingerprint density at radius 3 is 1.60 bits per heavy atom. The molecule has 0 atom stereocenters. The van der Waals surface area contributed by atoms with Crippen LogP contribution in [0.15, 0.2) is 207 Å². The molecule has 1 fully saturated rings. The minimum absolute atomic E-state index is 0. The predicted octanol–water partition coefficient (Wildman–Crippen LogP) is 19.2. The number of rotatable bonds is 15. The first-order valence-corrected chi connectivity index (χ1v) is 32.1. The first-order valence-electron chi connectivity index (χ1n) is 30.4. The van der Waals surface area contributed by atoms with Gasteiger partial charge in [0.2, 0.25) is 0 Å². The molecular formula is C78H84Ir4N6S2-6. The van der Waals surface area contributed by atoms with Crippen LogP contribution in [0.25, 0.3) is 42.8 Å². The van der Waals surface area contributed by atoms with Crippen molar-refractivity contribution in [2.45, 2.75) is 118 Å². The zero-order valence-electron chi connectivity index (χ0n) is 53.9. The Balaban J connectivity index is 0.000000221. The molecule has 6 heterocycles. The molecule has 0 aliphatic carbocycles. The van der Waals surface area contributed by atoms with E-state index in [-0.39, 0.29) is 102 Å². The van der Waals surface area contributed by atoms with Crippen molar-refractivity contribution in [3.8, 4) is 32.0 Å². The van der Waals surface area contributed by atoms with Gasteiger partial charge in [-0.25, -0.2) is 30.9 Å². The van der Waals surface area contributed by atoms with Crippen molar-refractivity contribution in [1.29, 1.82) is 0 Å². The van der Waals surface area contributed by atoms with Gasteiger partial charge in [0.15, 0.2) is 0 Å². The van der Waals surface area contributed by atoms with Crippen molar-refractivity contribution in [2.75, 3.05) is 26.2 Å². The van der Waals surface area contributed by atoms with Crippen molar-refractivity contribution in [3.63, 3.8) is 0 Å². The second-order valence-electron chi connectivity index (χ2n) is 23.9. The van der Waals surface area contributed by atoms with Crippen LogP contribution in [0.3, 0.4) is 0 Å². The van der Waals surface area contributed by atoms with Crippen LogP contribution >= 0.6 is 22.7 Å². The van der Waals surface area contributed by atoms with Crippen LogP contribution in [-0.2, 0) is 115 Å². The predicted molar refractivity (Wildman–Crippen MR) is 364 cm³/mol. The van der Waals surface area contributed by atoms with Gasteiger partial charge in [-0.05, 0) is 131 Å². The Bertz CT molecular complexity index is 3770. The summed E-state index contributed by atoms with van der Waals surface area (Å²) in [6.07, 6.45) is 6.10. The van der Waals surface area contributed by atoms with Crippen LogP contribution in [0.4, 0.5) is 0 Å². The van der Waals surface area contributed by atoms with E-state index in [1.165, 1.54) is 63.7 Å². The molecule has 2 aliphatic heterocycles. The first kappa shape index (κ1) is 75.9. The first-order chi connectivity index (χ1) is 41.5. The Kier molecular flexibility index (Phi) is 29.4. The van der Waals surface area contributed by atoms with Gasteiger partial charge in [0.25, 0.3) is 0 Å². The summed E-state index contributed by atoms with van der Waals surface area (Å²) in [5.74, 6) is 0. The normalized spacial score (nSPS) is 13.2. The van der Waals surface area contributed by atoms with E-state index in [4.69, 9.17) is 9.97 Å². The summed E-state index contributed by atoms with van der Waals surface area (Å²) in [5, 5.41) is 2.57. The van der Waals surface area contributed by atoms with Crippen molar-refractivity contribution >= 4 is 33.4 Å². The van der Waals surface area contributed by atoms with E-state index in [0.717, 1.165) is 61.8 Å². The summed E-state index contributed by atoms with van der Waals surface area (Å²) in [5.41, 5.74) is 11.5. The number of fused-ring (bicyclic) bond motifs is 1. The number of hydrogen-bond acceptors (Lipinski definition) is 8. The Morgan fingerprint density at radius 2 is 1.01 bits per heavy atom. The largest absolute Gasteiger partial charge is 0.508 e. The van der Waals surface area contributed by atoms with Gasteiger partial charge in [0, 0.05) is 114 Å². The van der Waals surface area contributed by atoms with Gasteiger partial charge in [-0.15, -0.1) is 20.9 Å². The maximum atomic E-state index is 4.99. The van der Waals surface area contributed by atoms with Crippen LogP contribution in [0.5, 0.6) is 0 Å². The number of aromatic nitrogens is 2. The van der Waals surface area contributed by atoms with Gasteiger partial charge in [-0.3, -0.25) is 32.6 Å². The molecule has 0 N–H and O–H groups in total. The summed E-state index contributed by atoms with van der Waals surface area (Å²) >= 11 is 3.63. The fourth-order valence-corrected chi connectivity index (χ4v) is 12.8. The number of hydrogen-bond donors (Lipinski definition) is 0. The Hall–Kier alpha value is -4.86. The number of pyridine rings is 2. The van der Waals surface area contributed by atoms with E-state index in [2.05, 4.69) is 323 Å². The number of aryl methyl sites for hydroxylation is 2. The molecule has 12 heteroatoms. The third-order valence-electron chi connectivity index (χ3n) is 16.6. The molecule has 1 saturated heterocycles. The monoisotopic (exact) mass is 1940 g/mol. The zero-order chi connectivity index (χ0) is 60.9. The summed E-state index contributed by atoms with van der Waals surface area (Å²) in [6, 6.07) is 81.3. The molecule has 480 valence electrons. The van der Waals surface area contributed by atoms with Crippen molar-refractivity contribution in [1.82, 2.24) is 29.6 Å². The minimum Gasteiger partial charge on any atom is -0.508 e. The number of benzene rings is 6. The maximum absolute atomic E-state index is 4.99. The second-order valence-corrected chi connectivity index (χ2v) is 26.0. The van der Waals surface area contributed by atoms with Gasteiger partial charge in [0.1, 0.15) is 0 Å². The average Bonchev–Trinajstić information content (AvgIpc) is 1.69. The third-order valence-corrected chi connectivity index (χ3v) is 19.4. The van der Waals surface area contributed by atoms with Gasteiger partial charge in [-0.1, -0.05) is 185 Å². The fraction of sp³-hybridized carbons (Fsp3) is 0.282. The number of likely N-dealkylation sites (N-methyl/N-ethyl adjacent to an activating group) is 1. The SMILES string of the molecule is CCN1C=CN(C(C)(C)c2[c-]cccc2)[CH-]1.CCN1[CH-]N(C(C)(C)c2[c-]cccc2)CC1.CCc1cc(-c2ccccc2)cc(C(C)(C)c2[c-]cc(-c3ccccc3)s2)n1.CCc1cccc(C(C)(C)c2[c-]cc(-c3cccc4ccccc34)s2)n1.[Ir].[Ir].[Ir].[Ir]. The average molecular weight is 1940 g/mol. The molecule has 6 aromatic carbocycles.